The summed E-state index contributed by atoms with van der Waals surface area (Å²) in [5.74, 6) is 0. The van der Waals surface area contributed by atoms with Crippen molar-refractivity contribution >= 4 is 0 Å². The van der Waals surface area contributed by atoms with Crippen LogP contribution in [0.2, 0.25) is 0 Å². The summed E-state index contributed by atoms with van der Waals surface area (Å²) in [4.78, 5) is 0. The predicted octanol–water partition coefficient (Wildman–Crippen LogP) is 2.88. The average molecular weight is 239 g/mol. The predicted molar refractivity (Wildman–Crippen MR) is 56.4 cm³/mol. The van der Waals surface area contributed by atoms with Crippen molar-refractivity contribution in [1.82, 2.24) is 5.32 Å². The van der Waals surface area contributed by atoms with Crippen LogP contribution in [-0.2, 0) is 4.74 Å². The Kier molecular flexibility index (Phi) is 6.13. The molecule has 1 saturated carbocycles. The van der Waals surface area contributed by atoms with Gasteiger partial charge in [-0.25, -0.2) is 0 Å². The Morgan fingerprint density at radius 2 is 1.69 bits per heavy atom. The highest BCUT2D eigenvalue weighted by molar-refractivity contribution is 4.64. The molecule has 0 atom stereocenters. The monoisotopic (exact) mass is 239 g/mol. The van der Waals surface area contributed by atoms with Gasteiger partial charge < -0.3 is 10.1 Å². The molecule has 0 aliphatic heterocycles. The number of hydrogen-bond acceptors (Lipinski definition) is 2. The molecule has 1 fully saturated rings. The lowest BCUT2D eigenvalue weighted by Gasteiger charge is -2.15. The van der Waals surface area contributed by atoms with Gasteiger partial charge in [-0.2, -0.15) is 13.2 Å². The summed E-state index contributed by atoms with van der Waals surface area (Å²) >= 11 is 0. The first-order valence-electron chi connectivity index (χ1n) is 5.97. The second kappa shape index (κ2) is 7.12. The van der Waals surface area contributed by atoms with E-state index in [1.54, 1.807) is 0 Å². The van der Waals surface area contributed by atoms with Crippen molar-refractivity contribution in [1.29, 1.82) is 0 Å². The lowest BCUT2D eigenvalue weighted by atomic mass is 10.1. The van der Waals surface area contributed by atoms with E-state index in [0.29, 0.717) is 6.61 Å². The number of hydrogen-bond donors (Lipinski definition) is 1. The number of halogens is 3. The topological polar surface area (TPSA) is 21.3 Å². The van der Waals surface area contributed by atoms with Gasteiger partial charge in [0.05, 0.1) is 19.3 Å². The van der Waals surface area contributed by atoms with Crippen molar-refractivity contribution in [3.63, 3.8) is 0 Å². The summed E-state index contributed by atoms with van der Waals surface area (Å²) in [6.07, 6.45) is 3.12. The molecule has 0 aromatic heterocycles. The van der Waals surface area contributed by atoms with Crippen molar-refractivity contribution in [2.24, 2.45) is 0 Å². The molecule has 5 heteroatoms. The molecule has 0 radical (unpaired) electrons. The van der Waals surface area contributed by atoms with Crippen LogP contribution in [0.1, 0.15) is 38.5 Å². The van der Waals surface area contributed by atoms with Gasteiger partial charge in [0.2, 0.25) is 0 Å². The van der Waals surface area contributed by atoms with E-state index in [4.69, 9.17) is 4.74 Å². The second-order valence-electron chi connectivity index (χ2n) is 4.28. The third-order valence-corrected chi connectivity index (χ3v) is 2.76. The fourth-order valence-corrected chi connectivity index (χ4v) is 1.94. The van der Waals surface area contributed by atoms with Crippen LogP contribution in [-0.4, -0.2) is 32.0 Å². The highest BCUT2D eigenvalue weighted by Gasteiger charge is 2.25. The Hall–Kier alpha value is -0.290. The number of nitrogens with one attached hydrogen (secondary N) is 1. The van der Waals surface area contributed by atoms with Gasteiger partial charge in [-0.15, -0.1) is 0 Å². The molecular weight excluding hydrogens is 219 g/mol. The molecule has 16 heavy (non-hydrogen) atoms. The highest BCUT2D eigenvalue weighted by Crippen LogP contribution is 2.19. The van der Waals surface area contributed by atoms with Gasteiger partial charge in [0.1, 0.15) is 0 Å². The van der Waals surface area contributed by atoms with Crippen LogP contribution in [0.25, 0.3) is 0 Å². The van der Waals surface area contributed by atoms with Gasteiger partial charge in [0, 0.05) is 6.54 Å². The Morgan fingerprint density at radius 3 is 2.25 bits per heavy atom. The van der Waals surface area contributed by atoms with Crippen LogP contribution in [0.3, 0.4) is 0 Å². The van der Waals surface area contributed by atoms with Gasteiger partial charge in [0.15, 0.2) is 0 Å². The van der Waals surface area contributed by atoms with Crippen LogP contribution < -0.4 is 5.32 Å². The minimum absolute atomic E-state index is 0.259. The van der Waals surface area contributed by atoms with E-state index in [1.165, 1.54) is 25.7 Å². The second-order valence-corrected chi connectivity index (χ2v) is 4.28. The zero-order valence-corrected chi connectivity index (χ0v) is 9.48. The fourth-order valence-electron chi connectivity index (χ4n) is 1.94. The van der Waals surface area contributed by atoms with Crippen LogP contribution in [0, 0.1) is 0 Å². The van der Waals surface area contributed by atoms with Crippen molar-refractivity contribution in [2.75, 3.05) is 19.7 Å². The number of alkyl halides is 3. The molecule has 2 nitrogen and oxygen atoms in total. The highest BCUT2D eigenvalue weighted by atomic mass is 19.4. The van der Waals surface area contributed by atoms with Gasteiger partial charge in [0.25, 0.3) is 0 Å². The minimum atomic E-state index is -4.12. The zero-order valence-electron chi connectivity index (χ0n) is 9.48. The molecule has 1 rings (SSSR count). The van der Waals surface area contributed by atoms with E-state index in [1.807, 2.05) is 0 Å². The Labute approximate surface area is 94.5 Å². The molecule has 96 valence electrons. The fraction of sp³-hybridized carbons (Fsp3) is 1.00. The molecule has 1 aliphatic rings. The molecular formula is C11H20F3NO. The van der Waals surface area contributed by atoms with Crippen molar-refractivity contribution < 1.29 is 17.9 Å². The third kappa shape index (κ3) is 7.06. The molecule has 0 amide bonds. The summed E-state index contributed by atoms with van der Waals surface area (Å²) in [7, 11) is 0. The molecule has 0 aromatic carbocycles. The lowest BCUT2D eigenvalue weighted by molar-refractivity contribution is -0.125. The van der Waals surface area contributed by atoms with Crippen molar-refractivity contribution in [3.05, 3.63) is 0 Å². The van der Waals surface area contributed by atoms with Crippen LogP contribution in [0.4, 0.5) is 13.2 Å². The van der Waals surface area contributed by atoms with Crippen LogP contribution in [0.15, 0.2) is 0 Å². The SMILES string of the molecule is FC(F)(F)CNCCOC1CCCCCC1. The van der Waals surface area contributed by atoms with Gasteiger partial charge in [-0.3, -0.25) is 0 Å². The maximum atomic E-state index is 11.8. The zero-order chi connectivity index (χ0) is 11.9. The maximum Gasteiger partial charge on any atom is 0.401 e. The summed E-state index contributed by atoms with van der Waals surface area (Å²) in [5.41, 5.74) is 0. The average Bonchev–Trinajstić information content (AvgIpc) is 2.44. The molecule has 0 spiro atoms. The summed E-state index contributed by atoms with van der Waals surface area (Å²) in [5, 5.41) is 2.33. The van der Waals surface area contributed by atoms with E-state index in [-0.39, 0.29) is 12.6 Å². The van der Waals surface area contributed by atoms with E-state index in [2.05, 4.69) is 5.32 Å². The standard InChI is InChI=1S/C11H20F3NO/c12-11(13,14)9-15-7-8-16-10-5-3-1-2-4-6-10/h10,15H,1-9H2. The largest absolute Gasteiger partial charge is 0.401 e. The van der Waals surface area contributed by atoms with E-state index in [0.717, 1.165) is 12.8 Å². The molecule has 0 bridgehead atoms. The molecule has 0 unspecified atom stereocenters. The van der Waals surface area contributed by atoms with Crippen molar-refractivity contribution in [2.45, 2.75) is 50.8 Å². The smallest absolute Gasteiger partial charge is 0.377 e. The number of ether oxygens (including phenoxy) is 1. The minimum Gasteiger partial charge on any atom is -0.377 e. The number of rotatable bonds is 5. The molecule has 1 aliphatic carbocycles. The van der Waals surface area contributed by atoms with Gasteiger partial charge in [-0.1, -0.05) is 25.7 Å². The van der Waals surface area contributed by atoms with Crippen LogP contribution in [0.5, 0.6) is 0 Å². The third-order valence-electron chi connectivity index (χ3n) is 2.76. The van der Waals surface area contributed by atoms with Gasteiger partial charge >= 0.3 is 6.18 Å². The van der Waals surface area contributed by atoms with Crippen molar-refractivity contribution in [3.8, 4) is 0 Å². The lowest BCUT2D eigenvalue weighted by Crippen LogP contribution is -2.32. The first-order valence-corrected chi connectivity index (χ1v) is 5.97. The maximum absolute atomic E-state index is 11.8. The van der Waals surface area contributed by atoms with E-state index >= 15 is 0 Å². The van der Waals surface area contributed by atoms with E-state index < -0.39 is 12.7 Å². The normalized spacial score (nSPS) is 19.7. The van der Waals surface area contributed by atoms with Crippen LogP contribution >= 0.6 is 0 Å². The Bertz CT molecular complexity index is 177. The molecule has 0 aromatic rings. The summed E-state index contributed by atoms with van der Waals surface area (Å²) in [6.45, 7) is -0.280. The first kappa shape index (κ1) is 13.8. The summed E-state index contributed by atoms with van der Waals surface area (Å²) < 4.78 is 40.9. The van der Waals surface area contributed by atoms with Gasteiger partial charge in [-0.05, 0) is 12.8 Å². The molecule has 1 N–H and O–H groups in total. The molecule has 0 heterocycles. The Morgan fingerprint density at radius 1 is 1.06 bits per heavy atom. The van der Waals surface area contributed by atoms with E-state index in [9.17, 15) is 13.2 Å². The summed E-state index contributed by atoms with van der Waals surface area (Å²) in [6, 6.07) is 0. The quantitative estimate of drug-likeness (QED) is 0.588. The Balaban J connectivity index is 1.97. The molecule has 0 saturated heterocycles. The first-order chi connectivity index (χ1) is 7.58.